The van der Waals surface area contributed by atoms with Crippen LogP contribution in [-0.2, 0) is 26.2 Å². The molecule has 0 unspecified atom stereocenters. The Morgan fingerprint density at radius 3 is 2.52 bits per heavy atom. The molecule has 8 nitrogen and oxygen atoms in total. The van der Waals surface area contributed by atoms with E-state index in [1.54, 1.807) is 6.07 Å². The maximum absolute atomic E-state index is 12.6. The van der Waals surface area contributed by atoms with E-state index in [1.165, 1.54) is 26.2 Å². The average Bonchev–Trinajstić information content (AvgIpc) is 2.56. The Hall–Kier alpha value is -2.13. The number of nitrogens with one attached hydrogen (secondary N) is 2. The van der Waals surface area contributed by atoms with Crippen molar-refractivity contribution in [3.05, 3.63) is 23.8 Å². The second kappa shape index (κ2) is 9.38. The summed E-state index contributed by atoms with van der Waals surface area (Å²) >= 11 is 0. The molecular formula is C16H24N2O6S. The number of methoxy groups -OCH3 is 1. The Bertz CT molecular complexity index is 717. The van der Waals surface area contributed by atoms with Crippen molar-refractivity contribution in [2.24, 2.45) is 0 Å². The molecular weight excluding hydrogens is 348 g/mol. The molecule has 1 atom stereocenters. The minimum atomic E-state index is -4.11. The lowest BCUT2D eigenvalue weighted by atomic mass is 10.1. The van der Waals surface area contributed by atoms with Crippen molar-refractivity contribution in [2.75, 3.05) is 7.11 Å². The first-order valence-electron chi connectivity index (χ1n) is 7.87. The highest BCUT2D eigenvalue weighted by molar-refractivity contribution is 7.89. The molecule has 0 saturated heterocycles. The number of carboxylic acids is 1. The van der Waals surface area contributed by atoms with Crippen LogP contribution >= 0.6 is 0 Å². The van der Waals surface area contributed by atoms with Gasteiger partial charge in [0, 0.05) is 13.5 Å². The number of ether oxygens (including phenoxy) is 1. The van der Waals surface area contributed by atoms with Crippen LogP contribution in [0.5, 0.6) is 5.75 Å². The van der Waals surface area contributed by atoms with Crippen LogP contribution in [-0.4, -0.2) is 38.6 Å². The van der Waals surface area contributed by atoms with Gasteiger partial charge in [0.15, 0.2) is 0 Å². The third kappa shape index (κ3) is 6.35. The van der Waals surface area contributed by atoms with Gasteiger partial charge < -0.3 is 15.2 Å². The van der Waals surface area contributed by atoms with Gasteiger partial charge in [-0.25, -0.2) is 8.42 Å². The Balaban J connectivity index is 3.14. The van der Waals surface area contributed by atoms with Crippen molar-refractivity contribution in [1.82, 2.24) is 10.0 Å². The molecule has 25 heavy (non-hydrogen) atoms. The summed E-state index contributed by atoms with van der Waals surface area (Å²) in [5.41, 5.74) is 0.553. The maximum atomic E-state index is 12.6. The molecule has 0 aromatic heterocycles. The first-order valence-corrected chi connectivity index (χ1v) is 9.36. The zero-order chi connectivity index (χ0) is 19.0. The zero-order valence-electron chi connectivity index (χ0n) is 14.5. The largest absolute Gasteiger partial charge is 0.495 e. The van der Waals surface area contributed by atoms with Crippen LogP contribution in [0.2, 0.25) is 0 Å². The topological polar surface area (TPSA) is 122 Å². The minimum absolute atomic E-state index is 0.0960. The Labute approximate surface area is 147 Å². The normalized spacial score (nSPS) is 12.4. The predicted octanol–water partition coefficient (Wildman–Crippen LogP) is 1.25. The van der Waals surface area contributed by atoms with Crippen LogP contribution in [0.1, 0.15) is 38.7 Å². The highest BCUT2D eigenvalue weighted by Gasteiger charge is 2.27. The van der Waals surface area contributed by atoms with E-state index >= 15 is 0 Å². The molecule has 1 aromatic rings. The van der Waals surface area contributed by atoms with Crippen LogP contribution < -0.4 is 14.8 Å². The Kier molecular flexibility index (Phi) is 7.85. The molecule has 0 spiro atoms. The van der Waals surface area contributed by atoms with Gasteiger partial charge in [-0.05, 0) is 24.1 Å². The fourth-order valence-corrected chi connectivity index (χ4v) is 3.60. The molecule has 140 valence electrons. The smallest absolute Gasteiger partial charge is 0.321 e. The van der Waals surface area contributed by atoms with Crippen molar-refractivity contribution < 1.29 is 27.9 Å². The number of aliphatic carboxylic acids is 1. The highest BCUT2D eigenvalue weighted by Crippen LogP contribution is 2.25. The second-order valence-electron chi connectivity index (χ2n) is 5.55. The molecule has 0 heterocycles. The number of carbonyl (C=O) groups excluding carboxylic acids is 1. The Morgan fingerprint density at radius 2 is 2.00 bits per heavy atom. The third-order valence-electron chi connectivity index (χ3n) is 3.50. The van der Waals surface area contributed by atoms with Crippen LogP contribution in [0.25, 0.3) is 0 Å². The molecule has 0 bridgehead atoms. The maximum Gasteiger partial charge on any atom is 0.321 e. The van der Waals surface area contributed by atoms with E-state index < -0.39 is 22.0 Å². The quantitative estimate of drug-likeness (QED) is 0.568. The number of hydrogen-bond acceptors (Lipinski definition) is 5. The molecule has 9 heteroatoms. The minimum Gasteiger partial charge on any atom is -0.495 e. The van der Waals surface area contributed by atoms with Crippen molar-refractivity contribution in [2.45, 2.75) is 50.6 Å². The summed E-state index contributed by atoms with van der Waals surface area (Å²) in [5, 5.41) is 11.8. The van der Waals surface area contributed by atoms with Gasteiger partial charge in [0.25, 0.3) is 0 Å². The Morgan fingerprint density at radius 1 is 1.32 bits per heavy atom. The van der Waals surface area contributed by atoms with Crippen molar-refractivity contribution in [1.29, 1.82) is 0 Å². The van der Waals surface area contributed by atoms with Crippen molar-refractivity contribution in [3.8, 4) is 5.75 Å². The molecule has 0 radical (unpaired) electrons. The first kappa shape index (κ1) is 20.9. The van der Waals surface area contributed by atoms with Gasteiger partial charge in [-0.15, -0.1) is 0 Å². The summed E-state index contributed by atoms with van der Waals surface area (Å²) in [7, 11) is -2.78. The molecule has 0 fully saturated rings. The van der Waals surface area contributed by atoms with Crippen molar-refractivity contribution in [3.63, 3.8) is 0 Å². The number of sulfonamides is 1. The summed E-state index contributed by atoms with van der Waals surface area (Å²) in [6.07, 6.45) is 1.53. The second-order valence-corrected chi connectivity index (χ2v) is 7.23. The summed E-state index contributed by atoms with van der Waals surface area (Å²) in [5.74, 6) is -1.38. The summed E-state index contributed by atoms with van der Waals surface area (Å²) in [6.45, 7) is 3.40. The van der Waals surface area contributed by atoms with E-state index in [1.807, 2.05) is 6.92 Å². The van der Waals surface area contributed by atoms with E-state index in [-0.39, 0.29) is 29.5 Å². The fraction of sp³-hybridized carbons (Fsp3) is 0.500. The van der Waals surface area contributed by atoms with Crippen LogP contribution in [0.3, 0.4) is 0 Å². The number of rotatable bonds is 10. The molecule has 1 amide bonds. The summed E-state index contributed by atoms with van der Waals surface area (Å²) in [4.78, 5) is 22.2. The van der Waals surface area contributed by atoms with E-state index in [2.05, 4.69) is 10.0 Å². The highest BCUT2D eigenvalue weighted by atomic mass is 32.2. The van der Waals surface area contributed by atoms with Crippen molar-refractivity contribution >= 4 is 21.9 Å². The average molecular weight is 372 g/mol. The van der Waals surface area contributed by atoms with Gasteiger partial charge in [0.05, 0.1) is 7.11 Å². The lowest BCUT2D eigenvalue weighted by molar-refractivity contribution is -0.139. The lowest BCUT2D eigenvalue weighted by Crippen LogP contribution is -2.40. The summed E-state index contributed by atoms with van der Waals surface area (Å²) < 4.78 is 32.6. The predicted molar refractivity (Wildman–Crippen MR) is 91.8 cm³/mol. The number of carbonyl (C=O) groups is 2. The van der Waals surface area contributed by atoms with E-state index in [4.69, 9.17) is 4.74 Å². The van der Waals surface area contributed by atoms with E-state index in [0.29, 0.717) is 12.0 Å². The molecule has 0 saturated carbocycles. The summed E-state index contributed by atoms with van der Waals surface area (Å²) in [6, 6.07) is 3.23. The number of amides is 1. The van der Waals surface area contributed by atoms with Crippen LogP contribution in [0, 0.1) is 0 Å². The number of benzene rings is 1. The molecule has 0 aliphatic carbocycles. The molecule has 3 N–H and O–H groups in total. The standard InChI is InChI=1S/C16H24N2O6S/c1-4-5-6-13(16(20)21)18-25(22,23)15-9-12(10-17-11(2)19)7-8-14(15)24-3/h7-9,13,18H,4-6,10H2,1-3H3,(H,17,19)(H,20,21)/t13-/m0/s1. The SMILES string of the molecule is CCCC[C@H](NS(=O)(=O)c1cc(CNC(C)=O)ccc1OC)C(=O)O. The van der Waals surface area contributed by atoms with Crippen LogP contribution in [0.4, 0.5) is 0 Å². The van der Waals surface area contributed by atoms with E-state index in [9.17, 15) is 23.1 Å². The number of carboxylic acid groups (broad SMARTS) is 1. The van der Waals surface area contributed by atoms with Gasteiger partial charge in [0.2, 0.25) is 15.9 Å². The van der Waals surface area contributed by atoms with Gasteiger partial charge in [-0.1, -0.05) is 25.8 Å². The first-order chi connectivity index (χ1) is 11.7. The molecule has 0 aliphatic rings. The number of unbranched alkanes of at least 4 members (excludes halogenated alkanes) is 1. The molecule has 1 rings (SSSR count). The molecule has 1 aromatic carbocycles. The molecule has 0 aliphatic heterocycles. The third-order valence-corrected chi connectivity index (χ3v) is 4.99. The monoisotopic (exact) mass is 372 g/mol. The fourth-order valence-electron chi connectivity index (χ4n) is 2.16. The van der Waals surface area contributed by atoms with Gasteiger partial charge >= 0.3 is 5.97 Å². The lowest BCUT2D eigenvalue weighted by Gasteiger charge is -2.17. The van der Waals surface area contributed by atoms with Gasteiger partial charge in [-0.3, -0.25) is 9.59 Å². The number of hydrogen-bond donors (Lipinski definition) is 3. The van der Waals surface area contributed by atoms with E-state index in [0.717, 1.165) is 6.42 Å². The zero-order valence-corrected chi connectivity index (χ0v) is 15.4. The van der Waals surface area contributed by atoms with Crippen LogP contribution in [0.15, 0.2) is 23.1 Å². The van der Waals surface area contributed by atoms with Gasteiger partial charge in [-0.2, -0.15) is 4.72 Å². The van der Waals surface area contributed by atoms with Gasteiger partial charge in [0.1, 0.15) is 16.7 Å².